The summed E-state index contributed by atoms with van der Waals surface area (Å²) in [6, 6.07) is 1.37. The quantitative estimate of drug-likeness (QED) is 0.165. The summed E-state index contributed by atoms with van der Waals surface area (Å²) in [4.78, 5) is 24.9. The van der Waals surface area contributed by atoms with Gasteiger partial charge in [-0.15, -0.1) is 0 Å². The molecule has 0 saturated carbocycles. The average Bonchev–Trinajstić information content (AvgIpc) is 2.89. The Labute approximate surface area is 159 Å². The van der Waals surface area contributed by atoms with Crippen molar-refractivity contribution < 1.29 is 40.2 Å². The van der Waals surface area contributed by atoms with Gasteiger partial charge in [0.25, 0.3) is 0 Å². The van der Waals surface area contributed by atoms with Gasteiger partial charge in [-0.1, -0.05) is 0 Å². The SMILES string of the molecule is CC(O)C(O)[C@@](N)(O)CC=O.Nc1ccn([C@@H]2O[C@H](CO)[C@@H](O)[C@H]2O)c(=O)n1. The van der Waals surface area contributed by atoms with Crippen molar-refractivity contribution in [3.8, 4) is 0 Å². The first-order valence-corrected chi connectivity index (χ1v) is 8.24. The molecular formula is C15H26N4O9. The lowest BCUT2D eigenvalue weighted by Crippen LogP contribution is -2.55. The van der Waals surface area contributed by atoms with E-state index in [1.54, 1.807) is 0 Å². The van der Waals surface area contributed by atoms with Gasteiger partial charge in [0.1, 0.15) is 42.2 Å². The van der Waals surface area contributed by atoms with Crippen molar-refractivity contribution in [2.24, 2.45) is 5.73 Å². The van der Waals surface area contributed by atoms with Crippen LogP contribution in [0.1, 0.15) is 19.6 Å². The molecule has 1 aromatic rings. The fourth-order valence-electron chi connectivity index (χ4n) is 2.40. The molecule has 1 fully saturated rings. The van der Waals surface area contributed by atoms with E-state index in [1.807, 2.05) is 0 Å². The highest BCUT2D eigenvalue weighted by Gasteiger charge is 2.43. The number of nitrogens with two attached hydrogens (primary N) is 2. The number of aliphatic hydroxyl groups is 6. The number of aldehydes is 1. The molecule has 2 heterocycles. The van der Waals surface area contributed by atoms with Gasteiger partial charge in [0, 0.05) is 12.6 Å². The fourth-order valence-corrected chi connectivity index (χ4v) is 2.40. The van der Waals surface area contributed by atoms with Gasteiger partial charge in [-0.05, 0) is 13.0 Å². The summed E-state index contributed by atoms with van der Waals surface area (Å²) < 4.78 is 6.19. The molecule has 13 heteroatoms. The summed E-state index contributed by atoms with van der Waals surface area (Å²) in [6.07, 6.45) is -5.96. The Kier molecular flexibility index (Phi) is 8.59. The Morgan fingerprint density at radius 3 is 2.43 bits per heavy atom. The second-order valence-electron chi connectivity index (χ2n) is 6.32. The summed E-state index contributed by atoms with van der Waals surface area (Å²) in [6.45, 7) is 0.819. The zero-order valence-corrected chi connectivity index (χ0v) is 15.1. The first-order valence-electron chi connectivity index (χ1n) is 8.24. The average molecular weight is 406 g/mol. The largest absolute Gasteiger partial charge is 0.394 e. The minimum atomic E-state index is -2.03. The van der Waals surface area contributed by atoms with Gasteiger partial charge in [-0.2, -0.15) is 4.98 Å². The molecule has 28 heavy (non-hydrogen) atoms. The lowest BCUT2D eigenvalue weighted by molar-refractivity contribution is -0.133. The van der Waals surface area contributed by atoms with Crippen LogP contribution in [-0.2, 0) is 9.53 Å². The predicted molar refractivity (Wildman–Crippen MR) is 93.4 cm³/mol. The number of aromatic nitrogens is 2. The summed E-state index contributed by atoms with van der Waals surface area (Å²) in [5.41, 5.74) is 7.68. The van der Waals surface area contributed by atoms with Crippen molar-refractivity contribution in [3.63, 3.8) is 0 Å². The van der Waals surface area contributed by atoms with Gasteiger partial charge in [0.05, 0.1) is 12.7 Å². The van der Waals surface area contributed by atoms with Crippen molar-refractivity contribution in [3.05, 3.63) is 22.7 Å². The monoisotopic (exact) mass is 406 g/mol. The Balaban J connectivity index is 0.000000311. The van der Waals surface area contributed by atoms with Crippen LogP contribution in [0.5, 0.6) is 0 Å². The topological polar surface area (TPSA) is 235 Å². The third-order valence-corrected chi connectivity index (χ3v) is 4.02. The van der Waals surface area contributed by atoms with E-state index in [4.69, 9.17) is 36.6 Å². The normalized spacial score (nSPS) is 28.6. The van der Waals surface area contributed by atoms with Crippen LogP contribution in [0.25, 0.3) is 0 Å². The zero-order valence-electron chi connectivity index (χ0n) is 15.1. The van der Waals surface area contributed by atoms with Crippen LogP contribution in [0.15, 0.2) is 17.1 Å². The van der Waals surface area contributed by atoms with Crippen LogP contribution in [-0.4, -0.2) is 89.3 Å². The van der Waals surface area contributed by atoms with Crippen LogP contribution < -0.4 is 17.2 Å². The van der Waals surface area contributed by atoms with Crippen LogP contribution in [0.3, 0.4) is 0 Å². The first-order chi connectivity index (χ1) is 13.0. The Morgan fingerprint density at radius 1 is 1.39 bits per heavy atom. The predicted octanol–water partition coefficient (Wildman–Crippen LogP) is -4.60. The number of nitrogens with zero attached hydrogens (tertiary/aromatic N) is 2. The van der Waals surface area contributed by atoms with E-state index >= 15 is 0 Å². The second kappa shape index (κ2) is 9.99. The van der Waals surface area contributed by atoms with Gasteiger partial charge >= 0.3 is 5.69 Å². The van der Waals surface area contributed by atoms with Gasteiger partial charge in [0.2, 0.25) is 0 Å². The molecule has 0 aliphatic carbocycles. The molecule has 1 aliphatic rings. The van der Waals surface area contributed by atoms with E-state index in [1.165, 1.54) is 19.2 Å². The number of ether oxygens (including phenoxy) is 1. The maximum atomic E-state index is 11.5. The summed E-state index contributed by atoms with van der Waals surface area (Å²) in [7, 11) is 0. The molecule has 7 atom stereocenters. The van der Waals surface area contributed by atoms with Crippen molar-refractivity contribution in [1.29, 1.82) is 0 Å². The standard InChI is InChI=1S/C9H13N3O5.C6H13NO4/c10-5-1-2-12(9(16)11-5)8-7(15)6(14)4(3-13)17-8;1-4(9)5(10)6(7,11)2-3-8/h1-2,4,6-8,13-15H,3H2,(H2,10,11,16);3-5,9-11H,2,7H2,1H3/t4-,6-,7-,8-;4?,5?,6-/m10/s1. The molecule has 10 N–H and O–H groups in total. The fraction of sp³-hybridized carbons (Fsp3) is 0.667. The molecule has 1 aliphatic heterocycles. The number of anilines is 1. The molecule has 0 spiro atoms. The zero-order chi connectivity index (χ0) is 21.6. The van der Waals surface area contributed by atoms with Crippen LogP contribution in [0.4, 0.5) is 5.82 Å². The Morgan fingerprint density at radius 2 is 2.00 bits per heavy atom. The van der Waals surface area contributed by atoms with Crippen molar-refractivity contribution >= 4 is 12.1 Å². The maximum Gasteiger partial charge on any atom is 0.351 e. The molecule has 0 amide bonds. The van der Waals surface area contributed by atoms with Crippen LogP contribution in [0, 0.1) is 0 Å². The molecule has 160 valence electrons. The number of aliphatic hydroxyl groups excluding tert-OH is 5. The number of nitrogen functional groups attached to an aromatic ring is 1. The van der Waals surface area contributed by atoms with Crippen molar-refractivity contribution in [2.75, 3.05) is 12.3 Å². The smallest absolute Gasteiger partial charge is 0.351 e. The molecule has 2 unspecified atom stereocenters. The Bertz CT molecular complexity index is 696. The maximum absolute atomic E-state index is 11.5. The third-order valence-electron chi connectivity index (χ3n) is 4.02. The number of carbonyl (C=O) groups is 1. The highest BCUT2D eigenvalue weighted by molar-refractivity contribution is 5.51. The van der Waals surface area contributed by atoms with Gasteiger partial charge in [-0.3, -0.25) is 4.57 Å². The van der Waals surface area contributed by atoms with E-state index in [-0.39, 0.29) is 5.82 Å². The lowest BCUT2D eigenvalue weighted by Gasteiger charge is -2.28. The minimum absolute atomic E-state index is 0.0537. The van der Waals surface area contributed by atoms with E-state index in [0.717, 1.165) is 4.57 Å². The van der Waals surface area contributed by atoms with E-state index in [0.29, 0.717) is 6.29 Å². The number of rotatable bonds is 6. The molecule has 1 saturated heterocycles. The molecule has 0 radical (unpaired) electrons. The van der Waals surface area contributed by atoms with Gasteiger partial charge in [0.15, 0.2) is 6.23 Å². The van der Waals surface area contributed by atoms with Crippen LogP contribution in [0.2, 0.25) is 0 Å². The van der Waals surface area contributed by atoms with E-state index in [2.05, 4.69) is 4.98 Å². The van der Waals surface area contributed by atoms with Gasteiger partial charge in [-0.25, -0.2) is 4.79 Å². The highest BCUT2D eigenvalue weighted by Crippen LogP contribution is 2.27. The van der Waals surface area contributed by atoms with Crippen molar-refractivity contribution in [1.82, 2.24) is 9.55 Å². The summed E-state index contributed by atoms with van der Waals surface area (Å²) in [5.74, 6) is 0.0537. The number of carbonyl (C=O) groups excluding carboxylic acids is 1. The highest BCUT2D eigenvalue weighted by atomic mass is 16.6. The molecule has 0 bridgehead atoms. The van der Waals surface area contributed by atoms with Crippen molar-refractivity contribution in [2.45, 2.75) is 55.8 Å². The Hall–Kier alpha value is -1.97. The number of hydrogen-bond donors (Lipinski definition) is 8. The van der Waals surface area contributed by atoms with E-state index < -0.39 is 61.2 Å². The van der Waals surface area contributed by atoms with Gasteiger partial charge < -0.3 is 51.6 Å². The number of hydrogen-bond acceptors (Lipinski definition) is 12. The summed E-state index contributed by atoms with van der Waals surface area (Å²) in [5, 5.41) is 55.0. The van der Waals surface area contributed by atoms with Crippen LogP contribution >= 0.6 is 0 Å². The summed E-state index contributed by atoms with van der Waals surface area (Å²) >= 11 is 0. The molecule has 13 nitrogen and oxygen atoms in total. The molecule has 0 aromatic carbocycles. The minimum Gasteiger partial charge on any atom is -0.394 e. The lowest BCUT2D eigenvalue weighted by atomic mass is 10.0. The first kappa shape index (κ1) is 24.1. The molecule has 1 aromatic heterocycles. The molecular weight excluding hydrogens is 380 g/mol. The second-order valence-corrected chi connectivity index (χ2v) is 6.32. The molecule has 2 rings (SSSR count). The third kappa shape index (κ3) is 5.76. The van der Waals surface area contributed by atoms with E-state index in [9.17, 15) is 19.8 Å².